The number of likely N-dealkylation sites (N-methyl/N-ethyl adjacent to an activating group) is 1. The normalized spacial score (nSPS) is 17.3. The molecule has 1 aromatic carbocycles. The van der Waals surface area contributed by atoms with Gasteiger partial charge in [0.15, 0.2) is 0 Å². The summed E-state index contributed by atoms with van der Waals surface area (Å²) in [6.07, 6.45) is 3.62. The highest BCUT2D eigenvalue weighted by atomic mass is 16.6. The topological polar surface area (TPSA) is 71.7 Å². The van der Waals surface area contributed by atoms with Crippen LogP contribution in [0.1, 0.15) is 36.7 Å². The van der Waals surface area contributed by atoms with E-state index in [9.17, 15) is 4.79 Å². The van der Waals surface area contributed by atoms with Gasteiger partial charge in [0.1, 0.15) is 17.1 Å². The monoisotopic (exact) mass is 400 g/mol. The Morgan fingerprint density at radius 2 is 2.24 bits per heavy atom. The summed E-state index contributed by atoms with van der Waals surface area (Å²) in [5.41, 5.74) is 2.63. The van der Waals surface area contributed by atoms with Crippen LogP contribution in [-0.2, 0) is 17.6 Å². The van der Waals surface area contributed by atoms with Gasteiger partial charge in [0.05, 0.1) is 13.5 Å². The lowest BCUT2D eigenvalue weighted by molar-refractivity contribution is -0.131. The predicted octanol–water partition coefficient (Wildman–Crippen LogP) is 2.73. The molecule has 3 rings (SSSR count). The molecule has 7 heteroatoms. The smallest absolute Gasteiger partial charge is 0.228 e. The fourth-order valence-electron chi connectivity index (χ4n) is 4.00. The van der Waals surface area contributed by atoms with Gasteiger partial charge in [-0.25, -0.2) is 4.63 Å². The molecular weight excluding hydrogens is 368 g/mol. The van der Waals surface area contributed by atoms with Crippen LogP contribution in [-0.4, -0.2) is 65.9 Å². The van der Waals surface area contributed by atoms with Gasteiger partial charge in [-0.15, -0.1) is 0 Å². The Morgan fingerprint density at radius 1 is 1.38 bits per heavy atom. The Hall–Kier alpha value is -2.41. The number of aromatic nitrogens is 2. The second-order valence-electron chi connectivity index (χ2n) is 7.82. The van der Waals surface area contributed by atoms with Crippen molar-refractivity contribution in [1.82, 2.24) is 20.1 Å². The Kier molecular flexibility index (Phi) is 7.63. The lowest BCUT2D eigenvalue weighted by atomic mass is 9.96. The Balaban J connectivity index is 1.49. The van der Waals surface area contributed by atoms with Crippen molar-refractivity contribution < 1.29 is 14.2 Å². The number of methoxy groups -OCH3 is 1. The summed E-state index contributed by atoms with van der Waals surface area (Å²) in [7, 11) is 1.70. The molecule has 1 amide bonds. The maximum atomic E-state index is 12.7. The molecule has 7 nitrogen and oxygen atoms in total. The molecule has 1 aliphatic heterocycles. The molecule has 1 fully saturated rings. The van der Waals surface area contributed by atoms with E-state index in [1.807, 2.05) is 30.9 Å². The van der Waals surface area contributed by atoms with Crippen molar-refractivity contribution in [3.63, 3.8) is 0 Å². The van der Waals surface area contributed by atoms with Crippen molar-refractivity contribution in [2.45, 2.75) is 39.5 Å². The first kappa shape index (κ1) is 21.3. The van der Waals surface area contributed by atoms with Gasteiger partial charge in [0.25, 0.3) is 0 Å². The molecule has 1 aromatic heterocycles. The highest BCUT2D eigenvalue weighted by Crippen LogP contribution is 2.20. The summed E-state index contributed by atoms with van der Waals surface area (Å²) in [6.45, 7) is 8.57. The van der Waals surface area contributed by atoms with Crippen LogP contribution in [0.3, 0.4) is 0 Å². The molecule has 1 atom stereocenters. The molecule has 2 heterocycles. The van der Waals surface area contributed by atoms with Crippen molar-refractivity contribution in [3.05, 3.63) is 41.2 Å². The largest absolute Gasteiger partial charge is 0.497 e. The third-order valence-corrected chi connectivity index (χ3v) is 5.73. The van der Waals surface area contributed by atoms with Crippen LogP contribution < -0.4 is 4.74 Å². The van der Waals surface area contributed by atoms with Crippen LogP contribution in [0.15, 0.2) is 28.9 Å². The minimum Gasteiger partial charge on any atom is -0.497 e. The summed E-state index contributed by atoms with van der Waals surface area (Å²) < 4.78 is 10.0. The van der Waals surface area contributed by atoms with Crippen molar-refractivity contribution in [3.8, 4) is 5.75 Å². The Labute approximate surface area is 173 Å². The summed E-state index contributed by atoms with van der Waals surface area (Å²) in [6, 6.07) is 8.29. The number of hydrogen-bond acceptors (Lipinski definition) is 6. The molecule has 0 spiro atoms. The molecule has 1 aliphatic rings. The first-order chi connectivity index (χ1) is 14.1. The maximum absolute atomic E-state index is 12.7. The fourth-order valence-corrected chi connectivity index (χ4v) is 4.00. The number of likely N-dealkylation sites (tertiary alicyclic amines) is 1. The Morgan fingerprint density at radius 3 is 2.97 bits per heavy atom. The maximum Gasteiger partial charge on any atom is 0.228 e. The van der Waals surface area contributed by atoms with Crippen LogP contribution in [0.4, 0.5) is 0 Å². The molecular formula is C22H32N4O3. The summed E-state index contributed by atoms with van der Waals surface area (Å²) in [5.74, 6) is 1.52. The molecule has 158 valence electrons. The first-order valence-electron chi connectivity index (χ1n) is 10.5. The van der Waals surface area contributed by atoms with E-state index in [1.54, 1.807) is 7.11 Å². The molecule has 0 aliphatic carbocycles. The fraction of sp³-hybridized carbons (Fsp3) is 0.591. The number of carbonyl (C=O) groups excluding carboxylic acids is 1. The van der Waals surface area contributed by atoms with Gasteiger partial charge in [-0.2, -0.15) is 0 Å². The molecule has 1 unspecified atom stereocenters. The minimum absolute atomic E-state index is 0.0970. The van der Waals surface area contributed by atoms with E-state index in [-0.39, 0.29) is 12.3 Å². The predicted molar refractivity (Wildman–Crippen MR) is 111 cm³/mol. The molecule has 0 N–H and O–H groups in total. The van der Waals surface area contributed by atoms with Crippen LogP contribution in [0.2, 0.25) is 0 Å². The highest BCUT2D eigenvalue weighted by molar-refractivity contribution is 5.78. The molecule has 1 saturated heterocycles. The number of aryl methyl sites for hydroxylation is 1. The molecule has 0 radical (unpaired) electrons. The van der Waals surface area contributed by atoms with E-state index >= 15 is 0 Å². The third-order valence-electron chi connectivity index (χ3n) is 5.73. The molecule has 0 saturated carbocycles. The first-order valence-corrected chi connectivity index (χ1v) is 10.5. The lowest BCUT2D eigenvalue weighted by Crippen LogP contribution is -2.43. The van der Waals surface area contributed by atoms with Gasteiger partial charge in [0, 0.05) is 26.2 Å². The number of nitrogens with zero attached hydrogens (tertiary/aromatic N) is 4. The van der Waals surface area contributed by atoms with Crippen molar-refractivity contribution in [2.75, 3.05) is 39.8 Å². The number of hydrogen-bond donors (Lipinski definition) is 0. The van der Waals surface area contributed by atoms with Gasteiger partial charge in [-0.05, 0) is 63.3 Å². The van der Waals surface area contributed by atoms with Crippen molar-refractivity contribution >= 4 is 5.91 Å². The zero-order valence-corrected chi connectivity index (χ0v) is 17.8. The average Bonchev–Trinajstić information content (AvgIpc) is 3.15. The van der Waals surface area contributed by atoms with Gasteiger partial charge >= 0.3 is 0 Å². The van der Waals surface area contributed by atoms with E-state index in [4.69, 9.17) is 9.37 Å². The average molecular weight is 401 g/mol. The highest BCUT2D eigenvalue weighted by Gasteiger charge is 2.24. The SMILES string of the molecule is CCN(CC1CCCN(CCc2cccc(OC)c2)C1)C(=O)Cc1nonc1C. The number of carbonyl (C=O) groups is 1. The summed E-state index contributed by atoms with van der Waals surface area (Å²) in [5, 5.41) is 7.61. The number of ether oxygens (including phenoxy) is 1. The number of piperidine rings is 1. The third kappa shape index (κ3) is 6.03. The standard InChI is InChI=1S/C22H32N4O3/c1-4-26(22(27)14-21-17(2)23-29-24-21)16-19-8-6-11-25(15-19)12-10-18-7-5-9-20(13-18)28-3/h5,7,9,13,19H,4,6,8,10-12,14-16H2,1-3H3. The summed E-state index contributed by atoms with van der Waals surface area (Å²) in [4.78, 5) is 17.2. The second-order valence-corrected chi connectivity index (χ2v) is 7.82. The van der Waals surface area contributed by atoms with Crippen molar-refractivity contribution in [2.24, 2.45) is 5.92 Å². The quantitative estimate of drug-likeness (QED) is 0.645. The number of amides is 1. The van der Waals surface area contributed by atoms with Crippen LogP contribution in [0.25, 0.3) is 0 Å². The van der Waals surface area contributed by atoms with Crippen LogP contribution >= 0.6 is 0 Å². The summed E-state index contributed by atoms with van der Waals surface area (Å²) >= 11 is 0. The van der Waals surface area contributed by atoms with E-state index in [1.165, 1.54) is 18.4 Å². The van der Waals surface area contributed by atoms with E-state index in [2.05, 4.69) is 27.3 Å². The van der Waals surface area contributed by atoms with Crippen LogP contribution in [0, 0.1) is 12.8 Å². The van der Waals surface area contributed by atoms with Gasteiger partial charge < -0.3 is 14.5 Å². The van der Waals surface area contributed by atoms with E-state index in [0.717, 1.165) is 38.3 Å². The zero-order valence-electron chi connectivity index (χ0n) is 17.8. The van der Waals surface area contributed by atoms with E-state index < -0.39 is 0 Å². The second kappa shape index (κ2) is 10.4. The number of benzene rings is 1. The van der Waals surface area contributed by atoms with Gasteiger partial charge in [0.2, 0.25) is 5.91 Å². The zero-order chi connectivity index (χ0) is 20.6. The molecule has 2 aromatic rings. The van der Waals surface area contributed by atoms with Crippen molar-refractivity contribution in [1.29, 1.82) is 0 Å². The molecule has 0 bridgehead atoms. The van der Waals surface area contributed by atoms with Crippen LogP contribution in [0.5, 0.6) is 5.75 Å². The van der Waals surface area contributed by atoms with Gasteiger partial charge in [-0.1, -0.05) is 22.4 Å². The lowest BCUT2D eigenvalue weighted by Gasteiger charge is -2.35. The van der Waals surface area contributed by atoms with E-state index in [0.29, 0.717) is 23.9 Å². The minimum atomic E-state index is 0.0970. The van der Waals surface area contributed by atoms with Gasteiger partial charge in [-0.3, -0.25) is 4.79 Å². The molecule has 29 heavy (non-hydrogen) atoms. The Bertz CT molecular complexity index is 792. The number of rotatable bonds is 9.